The van der Waals surface area contributed by atoms with Gasteiger partial charge in [-0.1, -0.05) is 34.8 Å². The van der Waals surface area contributed by atoms with Gasteiger partial charge in [-0.05, 0) is 61.0 Å². The van der Waals surface area contributed by atoms with E-state index in [9.17, 15) is 0 Å². The highest BCUT2D eigenvalue weighted by molar-refractivity contribution is 6.36. The Morgan fingerprint density at radius 2 is 1.52 bits per heavy atom. The molecule has 2 aromatic carbocycles. The van der Waals surface area contributed by atoms with Gasteiger partial charge in [0.1, 0.15) is 0 Å². The molecule has 0 saturated heterocycles. The zero-order valence-electron chi connectivity index (χ0n) is 12.3. The highest BCUT2D eigenvalue weighted by Gasteiger charge is 2.16. The summed E-state index contributed by atoms with van der Waals surface area (Å²) < 4.78 is 2.13. The van der Waals surface area contributed by atoms with Gasteiger partial charge in [0.2, 0.25) is 0 Å². The van der Waals surface area contributed by atoms with Gasteiger partial charge in [-0.2, -0.15) is 0 Å². The molecule has 118 valence electrons. The summed E-state index contributed by atoms with van der Waals surface area (Å²) in [5, 5.41) is 1.91. The molecule has 1 aromatic heterocycles. The molecule has 1 heterocycles. The Kier molecular flexibility index (Phi) is 4.93. The van der Waals surface area contributed by atoms with E-state index >= 15 is 0 Å². The molecule has 0 fully saturated rings. The van der Waals surface area contributed by atoms with Crippen molar-refractivity contribution in [2.24, 2.45) is 0 Å². The highest BCUT2D eigenvalue weighted by atomic mass is 35.5. The van der Waals surface area contributed by atoms with E-state index in [0.29, 0.717) is 20.9 Å². The lowest BCUT2D eigenvalue weighted by molar-refractivity contribution is 1.01. The van der Waals surface area contributed by atoms with Crippen LogP contribution in [-0.2, 0) is 5.88 Å². The van der Waals surface area contributed by atoms with Crippen LogP contribution in [0.25, 0.3) is 16.9 Å². The van der Waals surface area contributed by atoms with Gasteiger partial charge < -0.3 is 4.57 Å². The Morgan fingerprint density at radius 1 is 0.870 bits per heavy atom. The molecule has 0 aliphatic rings. The van der Waals surface area contributed by atoms with Gasteiger partial charge in [-0.3, -0.25) is 0 Å². The van der Waals surface area contributed by atoms with Crippen LogP contribution in [0.1, 0.15) is 11.3 Å². The zero-order chi connectivity index (χ0) is 16.6. The van der Waals surface area contributed by atoms with Crippen LogP contribution in [-0.4, -0.2) is 4.57 Å². The molecule has 0 bridgehead atoms. The number of hydrogen-bond donors (Lipinski definition) is 0. The number of aromatic nitrogens is 1. The minimum atomic E-state index is 0.435. The summed E-state index contributed by atoms with van der Waals surface area (Å²) in [6.45, 7) is 2.04. The zero-order valence-corrected chi connectivity index (χ0v) is 15.3. The fourth-order valence-electron chi connectivity index (χ4n) is 2.61. The van der Waals surface area contributed by atoms with E-state index < -0.39 is 0 Å². The predicted octanol–water partition coefficient (Wildman–Crippen LogP) is 7.15. The number of nitrogens with zero attached hydrogens (tertiary/aromatic N) is 1. The average Bonchev–Trinajstić information content (AvgIpc) is 2.85. The van der Waals surface area contributed by atoms with E-state index in [1.165, 1.54) is 0 Å². The maximum atomic E-state index is 6.40. The Bertz CT molecular complexity index is 850. The lowest BCUT2D eigenvalue weighted by atomic mass is 10.1. The number of hydrogen-bond acceptors (Lipinski definition) is 0. The van der Waals surface area contributed by atoms with Gasteiger partial charge >= 0.3 is 0 Å². The first-order valence-electron chi connectivity index (χ1n) is 7.00. The van der Waals surface area contributed by atoms with E-state index in [-0.39, 0.29) is 0 Å². The molecule has 5 heteroatoms. The minimum Gasteiger partial charge on any atom is -0.314 e. The SMILES string of the molecule is Cc1c(CCl)cc(-c2ccc(Cl)cc2Cl)n1-c1ccc(Cl)cc1. The first-order valence-corrected chi connectivity index (χ1v) is 8.66. The van der Waals surface area contributed by atoms with Crippen molar-refractivity contribution in [3.05, 3.63) is 74.9 Å². The van der Waals surface area contributed by atoms with E-state index in [1.807, 2.05) is 43.3 Å². The van der Waals surface area contributed by atoms with Gasteiger partial charge in [-0.15, -0.1) is 11.6 Å². The van der Waals surface area contributed by atoms with Crippen molar-refractivity contribution in [3.63, 3.8) is 0 Å². The molecular formula is C18H13Cl4N. The molecule has 0 amide bonds. The second-order valence-electron chi connectivity index (χ2n) is 5.21. The standard InChI is InChI=1S/C18H13Cl4N/c1-11-12(10-19)8-18(16-7-4-14(21)9-17(16)22)23(11)15-5-2-13(20)3-6-15/h2-9H,10H2,1H3. The Labute approximate surface area is 155 Å². The molecule has 0 radical (unpaired) electrons. The van der Waals surface area contributed by atoms with Crippen molar-refractivity contribution in [3.8, 4) is 16.9 Å². The van der Waals surface area contributed by atoms with Crippen LogP contribution in [0.4, 0.5) is 0 Å². The summed E-state index contributed by atoms with van der Waals surface area (Å²) in [6.07, 6.45) is 0. The summed E-state index contributed by atoms with van der Waals surface area (Å²) in [4.78, 5) is 0. The van der Waals surface area contributed by atoms with Crippen molar-refractivity contribution < 1.29 is 0 Å². The Balaban J connectivity index is 2.26. The molecule has 0 aliphatic heterocycles. The molecule has 0 saturated carbocycles. The molecule has 0 aliphatic carbocycles. The fraction of sp³-hybridized carbons (Fsp3) is 0.111. The Hall–Kier alpha value is -1.12. The molecule has 0 N–H and O–H groups in total. The van der Waals surface area contributed by atoms with Crippen LogP contribution in [0.15, 0.2) is 48.5 Å². The van der Waals surface area contributed by atoms with E-state index in [1.54, 1.807) is 6.07 Å². The minimum absolute atomic E-state index is 0.435. The summed E-state index contributed by atoms with van der Waals surface area (Å²) >= 11 is 24.5. The summed E-state index contributed by atoms with van der Waals surface area (Å²) in [5.74, 6) is 0.435. The molecule has 3 aromatic rings. The first-order chi connectivity index (χ1) is 11.0. The van der Waals surface area contributed by atoms with Crippen molar-refractivity contribution in [1.82, 2.24) is 4.57 Å². The third kappa shape index (κ3) is 3.25. The van der Waals surface area contributed by atoms with Crippen LogP contribution in [0.2, 0.25) is 15.1 Å². The van der Waals surface area contributed by atoms with Gasteiger partial charge in [0.05, 0.1) is 10.7 Å². The number of rotatable bonds is 3. The smallest absolute Gasteiger partial charge is 0.0549 e. The maximum absolute atomic E-state index is 6.40. The average molecular weight is 385 g/mol. The number of halogens is 4. The van der Waals surface area contributed by atoms with Gasteiger partial charge in [-0.25, -0.2) is 0 Å². The van der Waals surface area contributed by atoms with Gasteiger partial charge in [0.25, 0.3) is 0 Å². The molecular weight excluding hydrogens is 372 g/mol. The highest BCUT2D eigenvalue weighted by Crippen LogP contribution is 2.35. The second-order valence-corrected chi connectivity index (χ2v) is 6.76. The topological polar surface area (TPSA) is 4.93 Å². The van der Waals surface area contributed by atoms with E-state index in [0.717, 1.165) is 28.2 Å². The van der Waals surface area contributed by atoms with Gasteiger partial charge in [0.15, 0.2) is 0 Å². The maximum Gasteiger partial charge on any atom is 0.0549 e. The normalized spacial score (nSPS) is 11.0. The van der Waals surface area contributed by atoms with Crippen molar-refractivity contribution in [1.29, 1.82) is 0 Å². The lowest BCUT2D eigenvalue weighted by Gasteiger charge is -2.13. The van der Waals surface area contributed by atoms with Crippen molar-refractivity contribution in [2.75, 3.05) is 0 Å². The quantitative estimate of drug-likeness (QED) is 0.422. The molecule has 1 nitrogen and oxygen atoms in total. The van der Waals surface area contributed by atoms with Gasteiger partial charge in [0, 0.05) is 32.9 Å². The van der Waals surface area contributed by atoms with E-state index in [2.05, 4.69) is 10.6 Å². The lowest BCUT2D eigenvalue weighted by Crippen LogP contribution is -1.99. The summed E-state index contributed by atoms with van der Waals surface area (Å²) in [5.41, 5.74) is 5.02. The second kappa shape index (κ2) is 6.78. The van der Waals surface area contributed by atoms with Crippen molar-refractivity contribution >= 4 is 46.4 Å². The van der Waals surface area contributed by atoms with E-state index in [4.69, 9.17) is 46.4 Å². The number of benzene rings is 2. The largest absolute Gasteiger partial charge is 0.314 e. The summed E-state index contributed by atoms with van der Waals surface area (Å²) in [6, 6.07) is 15.2. The van der Waals surface area contributed by atoms with Crippen LogP contribution >= 0.6 is 46.4 Å². The van der Waals surface area contributed by atoms with Crippen LogP contribution in [0.5, 0.6) is 0 Å². The van der Waals surface area contributed by atoms with Crippen LogP contribution in [0, 0.1) is 6.92 Å². The first kappa shape index (κ1) is 16.7. The fourth-order valence-corrected chi connectivity index (χ4v) is 3.51. The third-order valence-corrected chi connectivity index (χ3v) is 4.88. The number of alkyl halides is 1. The Morgan fingerprint density at radius 3 is 2.13 bits per heavy atom. The van der Waals surface area contributed by atoms with Crippen LogP contribution in [0.3, 0.4) is 0 Å². The monoisotopic (exact) mass is 383 g/mol. The molecule has 0 atom stereocenters. The molecule has 3 rings (SSSR count). The molecule has 0 unspecified atom stereocenters. The molecule has 23 heavy (non-hydrogen) atoms. The van der Waals surface area contributed by atoms with Crippen LogP contribution < -0.4 is 0 Å². The summed E-state index contributed by atoms with van der Waals surface area (Å²) in [7, 11) is 0. The van der Waals surface area contributed by atoms with Crippen molar-refractivity contribution in [2.45, 2.75) is 12.8 Å². The molecule has 0 spiro atoms. The predicted molar refractivity (Wildman–Crippen MR) is 101 cm³/mol. The third-order valence-electron chi connectivity index (χ3n) is 3.79.